The molecule has 0 bridgehead atoms. The number of aromatic nitrogens is 1. The molecule has 0 saturated heterocycles. The smallest absolute Gasteiger partial charge is 0.237 e. The molecule has 0 unspecified atom stereocenters. The SMILES string of the molecule is Cc1nc(-c2ccc(CCNC(=O)[C@@H](N)Cc3ccccc3)s2)cs1.Cl. The van der Waals surface area contributed by atoms with E-state index in [4.69, 9.17) is 5.73 Å². The Morgan fingerprint density at radius 2 is 2.00 bits per heavy atom. The number of hydrogen-bond acceptors (Lipinski definition) is 5. The lowest BCUT2D eigenvalue weighted by Gasteiger charge is -2.12. The summed E-state index contributed by atoms with van der Waals surface area (Å²) in [5.41, 5.74) is 8.11. The number of thiazole rings is 1. The third-order valence-electron chi connectivity index (χ3n) is 3.84. The zero-order chi connectivity index (χ0) is 17.6. The Morgan fingerprint density at radius 3 is 2.69 bits per heavy atom. The Kier molecular flexibility index (Phi) is 7.78. The first-order valence-electron chi connectivity index (χ1n) is 8.20. The van der Waals surface area contributed by atoms with Gasteiger partial charge in [0.1, 0.15) is 0 Å². The number of rotatable bonds is 7. The van der Waals surface area contributed by atoms with E-state index in [0.29, 0.717) is 13.0 Å². The van der Waals surface area contributed by atoms with Crippen molar-refractivity contribution in [2.75, 3.05) is 6.54 Å². The topological polar surface area (TPSA) is 68.0 Å². The lowest BCUT2D eigenvalue weighted by Crippen LogP contribution is -2.42. The van der Waals surface area contributed by atoms with E-state index in [1.165, 1.54) is 9.75 Å². The molecule has 2 heterocycles. The zero-order valence-corrected chi connectivity index (χ0v) is 16.9. The van der Waals surface area contributed by atoms with Gasteiger partial charge in [-0.05, 0) is 37.5 Å². The van der Waals surface area contributed by atoms with Crippen molar-refractivity contribution in [1.29, 1.82) is 0 Å². The highest BCUT2D eigenvalue weighted by molar-refractivity contribution is 7.16. The second-order valence-corrected chi connectivity index (χ2v) is 8.09. The number of nitrogens with two attached hydrogens (primary N) is 1. The van der Waals surface area contributed by atoms with Crippen molar-refractivity contribution >= 4 is 41.0 Å². The highest BCUT2D eigenvalue weighted by Gasteiger charge is 2.13. The lowest BCUT2D eigenvalue weighted by molar-refractivity contribution is -0.122. The van der Waals surface area contributed by atoms with Crippen LogP contribution in [0.5, 0.6) is 0 Å². The summed E-state index contributed by atoms with van der Waals surface area (Å²) in [5, 5.41) is 6.09. The minimum Gasteiger partial charge on any atom is -0.354 e. The van der Waals surface area contributed by atoms with Gasteiger partial charge in [0.05, 0.1) is 21.6 Å². The van der Waals surface area contributed by atoms with Crippen LogP contribution in [0.2, 0.25) is 0 Å². The predicted molar refractivity (Wildman–Crippen MR) is 112 cm³/mol. The Morgan fingerprint density at radius 1 is 1.23 bits per heavy atom. The van der Waals surface area contributed by atoms with Gasteiger partial charge >= 0.3 is 0 Å². The summed E-state index contributed by atoms with van der Waals surface area (Å²) < 4.78 is 0. The number of carbonyl (C=O) groups is 1. The van der Waals surface area contributed by atoms with Crippen LogP contribution in [0.3, 0.4) is 0 Å². The Balaban J connectivity index is 0.00000243. The molecule has 0 saturated carbocycles. The summed E-state index contributed by atoms with van der Waals surface area (Å²) in [6.07, 6.45) is 1.36. The number of thiophene rings is 1. The molecule has 0 aliphatic carbocycles. The van der Waals surface area contributed by atoms with Gasteiger partial charge in [-0.3, -0.25) is 4.79 Å². The third-order valence-corrected chi connectivity index (χ3v) is 5.78. The average Bonchev–Trinajstić information content (AvgIpc) is 3.24. The number of hydrogen-bond donors (Lipinski definition) is 2. The van der Waals surface area contributed by atoms with Crippen LogP contribution < -0.4 is 11.1 Å². The van der Waals surface area contributed by atoms with E-state index in [9.17, 15) is 4.79 Å². The van der Waals surface area contributed by atoms with E-state index in [1.54, 1.807) is 22.7 Å². The molecule has 1 aromatic carbocycles. The summed E-state index contributed by atoms with van der Waals surface area (Å²) in [7, 11) is 0. The summed E-state index contributed by atoms with van der Waals surface area (Å²) in [6.45, 7) is 2.61. The molecule has 0 spiro atoms. The van der Waals surface area contributed by atoms with Crippen molar-refractivity contribution in [3.8, 4) is 10.6 Å². The van der Waals surface area contributed by atoms with E-state index in [-0.39, 0.29) is 18.3 Å². The first-order valence-corrected chi connectivity index (χ1v) is 9.90. The Bertz CT molecular complexity index is 832. The van der Waals surface area contributed by atoms with Gasteiger partial charge in [-0.15, -0.1) is 35.1 Å². The summed E-state index contributed by atoms with van der Waals surface area (Å²) >= 11 is 3.38. The molecule has 4 nitrogen and oxygen atoms in total. The summed E-state index contributed by atoms with van der Waals surface area (Å²) in [5.74, 6) is -0.101. The number of halogens is 1. The second-order valence-electron chi connectivity index (χ2n) is 5.85. The van der Waals surface area contributed by atoms with E-state index < -0.39 is 6.04 Å². The van der Waals surface area contributed by atoms with E-state index >= 15 is 0 Å². The maximum atomic E-state index is 12.1. The van der Waals surface area contributed by atoms with Crippen molar-refractivity contribution in [1.82, 2.24) is 10.3 Å². The first kappa shape index (κ1) is 20.6. The van der Waals surface area contributed by atoms with Crippen LogP contribution in [0.25, 0.3) is 10.6 Å². The standard InChI is InChI=1S/C19H21N3OS2.ClH/c1-13-22-17(12-24-13)18-8-7-15(25-18)9-10-21-19(23)16(20)11-14-5-3-2-4-6-14;/h2-8,12,16H,9-11,20H2,1H3,(H,21,23);1H/t16-;/m0./s1. The molecule has 1 atom stereocenters. The number of amides is 1. The molecule has 26 heavy (non-hydrogen) atoms. The van der Waals surface area contributed by atoms with Crippen molar-refractivity contribution < 1.29 is 4.79 Å². The van der Waals surface area contributed by atoms with E-state index in [1.807, 2.05) is 37.3 Å². The molecular weight excluding hydrogens is 386 g/mol. The fraction of sp³-hybridized carbons (Fsp3) is 0.263. The van der Waals surface area contributed by atoms with Crippen LogP contribution in [-0.2, 0) is 17.6 Å². The summed E-state index contributed by atoms with van der Waals surface area (Å²) in [6, 6.07) is 13.5. The van der Waals surface area contributed by atoms with Gasteiger partial charge in [-0.25, -0.2) is 4.98 Å². The molecule has 1 amide bonds. The van der Waals surface area contributed by atoms with Crippen LogP contribution in [0.15, 0.2) is 47.8 Å². The fourth-order valence-electron chi connectivity index (χ4n) is 2.53. The molecule has 0 aliphatic rings. The maximum absolute atomic E-state index is 12.1. The molecule has 2 aromatic heterocycles. The number of nitrogens with zero attached hydrogens (tertiary/aromatic N) is 1. The molecular formula is C19H22ClN3OS2. The van der Waals surface area contributed by atoms with Crippen molar-refractivity contribution in [3.05, 3.63) is 63.3 Å². The molecule has 7 heteroatoms. The maximum Gasteiger partial charge on any atom is 0.237 e. The molecule has 138 valence electrons. The van der Waals surface area contributed by atoms with Gasteiger partial charge in [-0.1, -0.05) is 30.3 Å². The highest BCUT2D eigenvalue weighted by Crippen LogP contribution is 2.29. The van der Waals surface area contributed by atoms with Gasteiger partial charge in [0, 0.05) is 16.8 Å². The normalized spacial score (nSPS) is 11.6. The van der Waals surface area contributed by atoms with Gasteiger partial charge < -0.3 is 11.1 Å². The molecule has 0 radical (unpaired) electrons. The van der Waals surface area contributed by atoms with Crippen LogP contribution >= 0.6 is 35.1 Å². The molecule has 3 rings (SSSR count). The van der Waals surface area contributed by atoms with Crippen molar-refractivity contribution in [2.45, 2.75) is 25.8 Å². The number of nitrogens with one attached hydrogen (secondary N) is 1. The number of aryl methyl sites for hydroxylation is 1. The number of benzene rings is 1. The highest BCUT2D eigenvalue weighted by atomic mass is 35.5. The predicted octanol–water partition coefficient (Wildman–Crippen LogP) is 3.83. The molecule has 0 fully saturated rings. The Labute approximate surface area is 167 Å². The minimum absolute atomic E-state index is 0. The second kappa shape index (κ2) is 9.83. The van der Waals surface area contributed by atoms with Gasteiger partial charge in [0.15, 0.2) is 0 Å². The van der Waals surface area contributed by atoms with Crippen LogP contribution in [-0.4, -0.2) is 23.5 Å². The van der Waals surface area contributed by atoms with E-state index in [0.717, 1.165) is 22.7 Å². The van der Waals surface area contributed by atoms with Gasteiger partial charge in [0.2, 0.25) is 5.91 Å². The zero-order valence-electron chi connectivity index (χ0n) is 14.5. The van der Waals surface area contributed by atoms with Crippen LogP contribution in [0.1, 0.15) is 15.4 Å². The Hall–Kier alpha value is -1.73. The molecule has 3 aromatic rings. The van der Waals surface area contributed by atoms with Crippen LogP contribution in [0, 0.1) is 6.92 Å². The quantitative estimate of drug-likeness (QED) is 0.625. The van der Waals surface area contributed by atoms with Crippen molar-refractivity contribution in [3.63, 3.8) is 0 Å². The molecule has 3 N–H and O–H groups in total. The van der Waals surface area contributed by atoms with Crippen molar-refractivity contribution in [2.24, 2.45) is 5.73 Å². The summed E-state index contributed by atoms with van der Waals surface area (Å²) in [4.78, 5) is 19.0. The van der Waals surface area contributed by atoms with E-state index in [2.05, 4.69) is 27.8 Å². The third kappa shape index (κ3) is 5.64. The largest absolute Gasteiger partial charge is 0.354 e. The number of carbonyl (C=O) groups excluding carboxylic acids is 1. The minimum atomic E-state index is -0.515. The average molecular weight is 408 g/mol. The first-order chi connectivity index (χ1) is 12.1. The van der Waals surface area contributed by atoms with Crippen LogP contribution in [0.4, 0.5) is 0 Å². The van der Waals surface area contributed by atoms with Gasteiger partial charge in [-0.2, -0.15) is 0 Å². The monoisotopic (exact) mass is 407 g/mol. The molecule has 0 aliphatic heterocycles. The fourth-order valence-corrected chi connectivity index (χ4v) is 4.18. The van der Waals surface area contributed by atoms with Gasteiger partial charge in [0.25, 0.3) is 0 Å². The lowest BCUT2D eigenvalue weighted by atomic mass is 10.1.